The van der Waals surface area contributed by atoms with Crippen LogP contribution < -0.4 is 20.1 Å². The van der Waals surface area contributed by atoms with E-state index in [0.29, 0.717) is 17.5 Å². The highest BCUT2D eigenvalue weighted by molar-refractivity contribution is 5.70. The summed E-state index contributed by atoms with van der Waals surface area (Å²) in [6, 6.07) is 11.4. The lowest BCUT2D eigenvalue weighted by molar-refractivity contribution is 0.395. The van der Waals surface area contributed by atoms with E-state index in [2.05, 4.69) is 44.6 Å². The van der Waals surface area contributed by atoms with Crippen LogP contribution in [0.2, 0.25) is 0 Å². The summed E-state index contributed by atoms with van der Waals surface area (Å²) in [6.45, 7) is 1.77. The van der Waals surface area contributed by atoms with Crippen molar-refractivity contribution < 1.29 is 9.47 Å². The van der Waals surface area contributed by atoms with Gasteiger partial charge in [0.05, 0.1) is 25.6 Å². The Labute approximate surface area is 177 Å². The third-order valence-electron chi connectivity index (χ3n) is 4.42. The highest BCUT2D eigenvalue weighted by atomic mass is 16.5. The first-order chi connectivity index (χ1) is 14.6. The molecule has 0 aliphatic carbocycles. The molecule has 0 radical (unpaired) electrons. The number of ether oxygens (including phenoxy) is 2. The number of pyridine rings is 1. The highest BCUT2D eigenvalue weighted by Gasteiger charge is 2.10. The maximum atomic E-state index is 5.49. The molecule has 0 fully saturated rings. The van der Waals surface area contributed by atoms with E-state index in [0.717, 1.165) is 42.2 Å². The van der Waals surface area contributed by atoms with Gasteiger partial charge in [0, 0.05) is 36.6 Å². The summed E-state index contributed by atoms with van der Waals surface area (Å²) in [5.41, 5.74) is 2.48. The Balaban J connectivity index is 1.88. The number of benzene rings is 1. The van der Waals surface area contributed by atoms with Crippen molar-refractivity contribution >= 4 is 17.5 Å². The zero-order chi connectivity index (χ0) is 21.3. The molecular formula is C22H28N6O2. The summed E-state index contributed by atoms with van der Waals surface area (Å²) in [5.74, 6) is 2.60. The van der Waals surface area contributed by atoms with Gasteiger partial charge in [0.15, 0.2) is 0 Å². The summed E-state index contributed by atoms with van der Waals surface area (Å²) in [7, 11) is 7.37. The van der Waals surface area contributed by atoms with Crippen molar-refractivity contribution in [2.75, 3.05) is 52.0 Å². The van der Waals surface area contributed by atoms with Gasteiger partial charge in [-0.2, -0.15) is 4.98 Å². The van der Waals surface area contributed by atoms with Gasteiger partial charge >= 0.3 is 0 Å². The molecule has 0 aliphatic heterocycles. The molecule has 0 bridgehead atoms. The number of hydrogen-bond acceptors (Lipinski definition) is 8. The van der Waals surface area contributed by atoms with Crippen molar-refractivity contribution in [1.29, 1.82) is 0 Å². The molecule has 2 heterocycles. The molecule has 8 heteroatoms. The molecule has 8 nitrogen and oxygen atoms in total. The molecule has 0 spiro atoms. The number of nitrogens with one attached hydrogen (secondary N) is 2. The zero-order valence-corrected chi connectivity index (χ0v) is 17.8. The first-order valence-electron chi connectivity index (χ1n) is 9.76. The lowest BCUT2D eigenvalue weighted by atomic mass is 10.2. The smallest absolute Gasteiger partial charge is 0.225 e. The van der Waals surface area contributed by atoms with Gasteiger partial charge in [-0.15, -0.1) is 0 Å². The molecule has 0 saturated heterocycles. The van der Waals surface area contributed by atoms with Crippen molar-refractivity contribution in [3.05, 3.63) is 48.8 Å². The molecule has 158 valence electrons. The monoisotopic (exact) mass is 408 g/mol. The van der Waals surface area contributed by atoms with Crippen LogP contribution in [0.25, 0.3) is 11.3 Å². The van der Waals surface area contributed by atoms with Gasteiger partial charge in [0.25, 0.3) is 0 Å². The Bertz CT molecular complexity index is 950. The molecule has 30 heavy (non-hydrogen) atoms. The predicted octanol–water partition coefficient (Wildman–Crippen LogP) is 3.66. The van der Waals surface area contributed by atoms with Crippen LogP contribution in [-0.2, 0) is 0 Å². The minimum atomic E-state index is 0.560. The maximum Gasteiger partial charge on any atom is 0.225 e. The largest absolute Gasteiger partial charge is 0.497 e. The summed E-state index contributed by atoms with van der Waals surface area (Å²) >= 11 is 0. The fourth-order valence-corrected chi connectivity index (χ4v) is 2.89. The minimum Gasteiger partial charge on any atom is -0.497 e. The first kappa shape index (κ1) is 21.3. The Morgan fingerprint density at radius 3 is 2.60 bits per heavy atom. The number of methoxy groups -OCH3 is 2. The maximum absolute atomic E-state index is 5.49. The second-order valence-electron chi connectivity index (χ2n) is 6.98. The highest BCUT2D eigenvalue weighted by Crippen LogP contribution is 2.32. The van der Waals surface area contributed by atoms with E-state index < -0.39 is 0 Å². The molecule has 2 aromatic heterocycles. The quantitative estimate of drug-likeness (QED) is 0.492. The van der Waals surface area contributed by atoms with E-state index in [4.69, 9.17) is 9.47 Å². The third-order valence-corrected chi connectivity index (χ3v) is 4.42. The molecule has 0 unspecified atom stereocenters. The van der Waals surface area contributed by atoms with E-state index in [1.165, 1.54) is 0 Å². The molecule has 0 amide bonds. The van der Waals surface area contributed by atoms with E-state index in [-0.39, 0.29) is 0 Å². The Morgan fingerprint density at radius 2 is 1.90 bits per heavy atom. The molecule has 3 rings (SSSR count). The zero-order valence-electron chi connectivity index (χ0n) is 17.8. The number of nitrogens with zero attached hydrogens (tertiary/aromatic N) is 4. The van der Waals surface area contributed by atoms with E-state index >= 15 is 0 Å². The number of hydrogen-bond donors (Lipinski definition) is 2. The first-order valence-corrected chi connectivity index (χ1v) is 9.76. The fourth-order valence-electron chi connectivity index (χ4n) is 2.89. The average molecular weight is 409 g/mol. The number of aromatic nitrogens is 3. The molecule has 1 aromatic carbocycles. The van der Waals surface area contributed by atoms with Crippen molar-refractivity contribution in [2.24, 2.45) is 0 Å². The van der Waals surface area contributed by atoms with E-state index in [1.807, 2.05) is 36.4 Å². The van der Waals surface area contributed by atoms with Gasteiger partial charge in [-0.3, -0.25) is 4.98 Å². The third kappa shape index (κ3) is 5.81. The molecule has 0 atom stereocenters. The minimum absolute atomic E-state index is 0.560. The van der Waals surface area contributed by atoms with Crippen LogP contribution in [0.15, 0.2) is 48.8 Å². The summed E-state index contributed by atoms with van der Waals surface area (Å²) in [4.78, 5) is 15.7. The van der Waals surface area contributed by atoms with E-state index in [1.54, 1.807) is 26.6 Å². The van der Waals surface area contributed by atoms with Crippen molar-refractivity contribution in [3.63, 3.8) is 0 Å². The van der Waals surface area contributed by atoms with Crippen LogP contribution in [0.3, 0.4) is 0 Å². The van der Waals surface area contributed by atoms with Crippen molar-refractivity contribution in [2.45, 2.75) is 6.42 Å². The number of rotatable bonds is 10. The van der Waals surface area contributed by atoms with Gasteiger partial charge in [-0.1, -0.05) is 0 Å². The van der Waals surface area contributed by atoms with Gasteiger partial charge in [-0.25, -0.2) is 4.98 Å². The lowest BCUT2D eigenvalue weighted by Gasteiger charge is -2.14. The topological polar surface area (TPSA) is 84.4 Å². The van der Waals surface area contributed by atoms with Crippen LogP contribution in [0.1, 0.15) is 6.42 Å². The van der Waals surface area contributed by atoms with Crippen LogP contribution in [0.5, 0.6) is 11.5 Å². The molecule has 2 N–H and O–H groups in total. The van der Waals surface area contributed by atoms with Crippen LogP contribution in [0.4, 0.5) is 17.5 Å². The SMILES string of the molecule is COc1ccc(Nc2cc(-c3cccnc3)nc(NCCCN(C)C)n2)c(OC)c1. The van der Waals surface area contributed by atoms with Gasteiger partial charge in [0.1, 0.15) is 17.3 Å². The molecule has 0 saturated carbocycles. The summed E-state index contributed by atoms with van der Waals surface area (Å²) < 4.78 is 10.8. The van der Waals surface area contributed by atoms with Gasteiger partial charge < -0.3 is 25.0 Å². The molecular weight excluding hydrogens is 380 g/mol. The van der Waals surface area contributed by atoms with Gasteiger partial charge in [-0.05, 0) is 51.3 Å². The van der Waals surface area contributed by atoms with Gasteiger partial charge in [0.2, 0.25) is 5.95 Å². The van der Waals surface area contributed by atoms with Crippen molar-refractivity contribution in [1.82, 2.24) is 19.9 Å². The molecule has 3 aromatic rings. The number of anilines is 3. The van der Waals surface area contributed by atoms with Crippen LogP contribution >= 0.6 is 0 Å². The Kier molecular flexibility index (Phi) is 7.40. The standard InChI is InChI=1S/C22H28N6O2/c1-28(2)12-6-11-24-22-26-19(16-7-5-10-23-15-16)14-21(27-22)25-18-9-8-17(29-3)13-20(18)30-4/h5,7-10,13-15H,6,11-12H2,1-4H3,(H2,24,25,26,27). The normalized spacial score (nSPS) is 10.7. The van der Waals surface area contributed by atoms with Crippen LogP contribution in [0, 0.1) is 0 Å². The van der Waals surface area contributed by atoms with E-state index in [9.17, 15) is 0 Å². The fraction of sp³-hybridized carbons (Fsp3) is 0.318. The summed E-state index contributed by atoms with van der Waals surface area (Å²) in [6.07, 6.45) is 4.52. The lowest BCUT2D eigenvalue weighted by Crippen LogP contribution is -2.17. The Hall–Kier alpha value is -3.39. The average Bonchev–Trinajstić information content (AvgIpc) is 2.77. The Morgan fingerprint density at radius 1 is 1.03 bits per heavy atom. The molecule has 0 aliphatic rings. The second kappa shape index (κ2) is 10.4. The van der Waals surface area contributed by atoms with Crippen LogP contribution in [-0.4, -0.2) is 61.3 Å². The predicted molar refractivity (Wildman–Crippen MR) is 120 cm³/mol. The second-order valence-corrected chi connectivity index (χ2v) is 6.98. The van der Waals surface area contributed by atoms with Crippen molar-refractivity contribution in [3.8, 4) is 22.8 Å². The summed E-state index contributed by atoms with van der Waals surface area (Å²) in [5, 5.41) is 6.66.